The van der Waals surface area contributed by atoms with Gasteiger partial charge in [0.05, 0.1) is 0 Å². The summed E-state index contributed by atoms with van der Waals surface area (Å²) in [7, 11) is 0. The maximum Gasteiger partial charge on any atom is 0.186 e. The van der Waals surface area contributed by atoms with E-state index in [4.69, 9.17) is 9.63 Å². The summed E-state index contributed by atoms with van der Waals surface area (Å²) in [6, 6.07) is 11.8. The molecule has 1 aromatic carbocycles. The molecular formula is C15H15N3O2S. The van der Waals surface area contributed by atoms with Gasteiger partial charge in [-0.15, -0.1) is 11.3 Å². The fraction of sp³-hybridized carbons (Fsp3) is 0.200. The smallest absolute Gasteiger partial charge is 0.186 e. The van der Waals surface area contributed by atoms with E-state index in [0.29, 0.717) is 18.7 Å². The highest BCUT2D eigenvalue weighted by molar-refractivity contribution is 7.14. The third kappa shape index (κ3) is 3.29. The van der Waals surface area contributed by atoms with Crippen LogP contribution in [-0.4, -0.2) is 28.4 Å². The number of aromatic nitrogens is 2. The number of hydrogen-bond acceptors (Lipinski definition) is 6. The first-order valence-corrected chi connectivity index (χ1v) is 7.57. The Kier molecular flexibility index (Phi) is 4.28. The van der Waals surface area contributed by atoms with Crippen LogP contribution in [0.25, 0.3) is 22.7 Å². The average molecular weight is 301 g/mol. The first-order chi connectivity index (χ1) is 10.4. The van der Waals surface area contributed by atoms with Crippen LogP contribution in [0.2, 0.25) is 0 Å². The zero-order valence-corrected chi connectivity index (χ0v) is 12.1. The van der Waals surface area contributed by atoms with Gasteiger partial charge < -0.3 is 14.9 Å². The molecule has 3 rings (SSSR count). The predicted molar refractivity (Wildman–Crippen MR) is 83.2 cm³/mol. The van der Waals surface area contributed by atoms with Gasteiger partial charge in [-0.05, 0) is 6.42 Å². The predicted octanol–water partition coefficient (Wildman–Crippen LogP) is 3.26. The van der Waals surface area contributed by atoms with Crippen LogP contribution in [-0.2, 0) is 0 Å². The summed E-state index contributed by atoms with van der Waals surface area (Å²) >= 11 is 1.51. The highest BCUT2D eigenvalue weighted by atomic mass is 32.1. The van der Waals surface area contributed by atoms with Crippen LogP contribution in [0.3, 0.4) is 0 Å². The second-order valence-electron chi connectivity index (χ2n) is 4.48. The van der Waals surface area contributed by atoms with Crippen molar-refractivity contribution in [2.24, 2.45) is 0 Å². The number of aliphatic hydroxyl groups is 1. The molecule has 108 valence electrons. The molecule has 0 amide bonds. The number of nitrogens with zero attached hydrogens (tertiary/aromatic N) is 2. The molecule has 0 fully saturated rings. The minimum absolute atomic E-state index is 0.174. The molecule has 0 saturated heterocycles. The van der Waals surface area contributed by atoms with Crippen molar-refractivity contribution in [2.45, 2.75) is 6.42 Å². The monoisotopic (exact) mass is 301 g/mol. The molecule has 6 heteroatoms. The summed E-state index contributed by atoms with van der Waals surface area (Å²) in [6.45, 7) is 0.878. The Morgan fingerprint density at radius 3 is 2.86 bits per heavy atom. The van der Waals surface area contributed by atoms with Gasteiger partial charge in [0.1, 0.15) is 11.4 Å². The summed E-state index contributed by atoms with van der Waals surface area (Å²) in [4.78, 5) is 4.45. The molecule has 0 aliphatic rings. The minimum atomic E-state index is 0.174. The van der Waals surface area contributed by atoms with Crippen LogP contribution in [0.15, 0.2) is 46.3 Å². The Balaban J connectivity index is 1.74. The van der Waals surface area contributed by atoms with E-state index in [1.165, 1.54) is 11.3 Å². The van der Waals surface area contributed by atoms with Gasteiger partial charge in [-0.25, -0.2) is 4.98 Å². The van der Waals surface area contributed by atoms with Crippen molar-refractivity contribution in [3.63, 3.8) is 0 Å². The summed E-state index contributed by atoms with van der Waals surface area (Å²) in [5, 5.41) is 18.7. The van der Waals surface area contributed by atoms with E-state index < -0.39 is 0 Å². The number of thiazole rings is 1. The lowest BCUT2D eigenvalue weighted by Gasteiger charge is -1.98. The second-order valence-corrected chi connectivity index (χ2v) is 5.34. The van der Waals surface area contributed by atoms with E-state index in [1.807, 2.05) is 41.8 Å². The molecule has 2 heterocycles. The van der Waals surface area contributed by atoms with Gasteiger partial charge in [0.2, 0.25) is 0 Å². The van der Waals surface area contributed by atoms with Crippen LogP contribution in [0.4, 0.5) is 5.13 Å². The fourth-order valence-corrected chi connectivity index (χ4v) is 2.61. The zero-order valence-electron chi connectivity index (χ0n) is 11.3. The van der Waals surface area contributed by atoms with Crippen molar-refractivity contribution >= 4 is 16.5 Å². The van der Waals surface area contributed by atoms with Crippen molar-refractivity contribution < 1.29 is 9.63 Å². The van der Waals surface area contributed by atoms with Crippen molar-refractivity contribution in [2.75, 3.05) is 18.5 Å². The number of anilines is 1. The topological polar surface area (TPSA) is 71.2 Å². The normalized spacial score (nSPS) is 10.7. The molecule has 0 atom stereocenters. The molecule has 0 bridgehead atoms. The van der Waals surface area contributed by atoms with Crippen LogP contribution in [0, 0.1) is 0 Å². The summed E-state index contributed by atoms with van der Waals surface area (Å²) in [6.07, 6.45) is 0.704. The SMILES string of the molecule is OCCCNc1nc(-c2cc(-c3ccccc3)no2)cs1. The third-order valence-corrected chi connectivity index (χ3v) is 3.75. The highest BCUT2D eigenvalue weighted by Gasteiger charge is 2.11. The molecule has 0 unspecified atom stereocenters. The van der Waals surface area contributed by atoms with Gasteiger partial charge in [-0.3, -0.25) is 0 Å². The average Bonchev–Trinajstić information content (AvgIpc) is 3.17. The minimum Gasteiger partial charge on any atom is -0.396 e. The van der Waals surface area contributed by atoms with Gasteiger partial charge >= 0.3 is 0 Å². The number of aliphatic hydroxyl groups excluding tert-OH is 1. The first-order valence-electron chi connectivity index (χ1n) is 6.69. The van der Waals surface area contributed by atoms with E-state index in [9.17, 15) is 0 Å². The quantitative estimate of drug-likeness (QED) is 0.684. The van der Waals surface area contributed by atoms with Gasteiger partial charge in [0.15, 0.2) is 10.9 Å². The fourth-order valence-electron chi connectivity index (χ4n) is 1.88. The van der Waals surface area contributed by atoms with Crippen molar-refractivity contribution in [1.82, 2.24) is 10.1 Å². The van der Waals surface area contributed by atoms with Gasteiger partial charge in [0, 0.05) is 30.2 Å². The molecule has 3 aromatic rings. The molecule has 5 nitrogen and oxygen atoms in total. The number of hydrogen-bond donors (Lipinski definition) is 2. The Hall–Kier alpha value is -2.18. The molecule has 2 N–H and O–H groups in total. The second kappa shape index (κ2) is 6.51. The zero-order chi connectivity index (χ0) is 14.5. The molecule has 0 radical (unpaired) electrons. The van der Waals surface area contributed by atoms with Gasteiger partial charge in [0.25, 0.3) is 0 Å². The number of nitrogens with one attached hydrogen (secondary N) is 1. The van der Waals surface area contributed by atoms with Crippen LogP contribution in [0.1, 0.15) is 6.42 Å². The molecule has 0 aliphatic heterocycles. The van der Waals surface area contributed by atoms with Crippen molar-refractivity contribution in [3.05, 3.63) is 41.8 Å². The molecular weight excluding hydrogens is 286 g/mol. The maximum absolute atomic E-state index is 8.76. The van der Waals surface area contributed by atoms with E-state index in [1.54, 1.807) is 0 Å². The first kappa shape index (κ1) is 13.8. The van der Waals surface area contributed by atoms with Crippen molar-refractivity contribution in [1.29, 1.82) is 0 Å². The lowest BCUT2D eigenvalue weighted by Crippen LogP contribution is -2.02. The number of benzene rings is 1. The number of rotatable bonds is 6. The summed E-state index contributed by atoms with van der Waals surface area (Å²) in [5.74, 6) is 0.653. The molecule has 0 aliphatic carbocycles. The highest BCUT2D eigenvalue weighted by Crippen LogP contribution is 2.28. The van der Waals surface area contributed by atoms with Crippen molar-refractivity contribution in [3.8, 4) is 22.7 Å². The lowest BCUT2D eigenvalue weighted by atomic mass is 10.1. The van der Waals surface area contributed by atoms with Crippen LogP contribution in [0.5, 0.6) is 0 Å². The van der Waals surface area contributed by atoms with E-state index in [0.717, 1.165) is 22.1 Å². The summed E-state index contributed by atoms with van der Waals surface area (Å²) in [5.41, 5.74) is 2.58. The molecule has 0 saturated carbocycles. The Morgan fingerprint density at radius 2 is 2.05 bits per heavy atom. The molecule has 2 aromatic heterocycles. The molecule has 0 spiro atoms. The molecule has 21 heavy (non-hydrogen) atoms. The van der Waals surface area contributed by atoms with E-state index in [2.05, 4.69) is 15.5 Å². The Labute approximate surface area is 126 Å². The van der Waals surface area contributed by atoms with Crippen LogP contribution >= 0.6 is 11.3 Å². The Morgan fingerprint density at radius 1 is 1.19 bits per heavy atom. The largest absolute Gasteiger partial charge is 0.396 e. The Bertz CT molecular complexity index is 694. The lowest BCUT2D eigenvalue weighted by molar-refractivity contribution is 0.292. The third-order valence-electron chi connectivity index (χ3n) is 2.95. The maximum atomic E-state index is 8.76. The standard InChI is InChI=1S/C15H15N3O2S/c19-8-4-7-16-15-17-13(10-21-15)14-9-12(18-20-14)11-5-2-1-3-6-11/h1-3,5-6,9-10,19H,4,7-8H2,(H,16,17). The van der Waals surface area contributed by atoms with Gasteiger partial charge in [-0.1, -0.05) is 35.5 Å². The summed E-state index contributed by atoms with van der Waals surface area (Å²) < 4.78 is 5.37. The van der Waals surface area contributed by atoms with Crippen LogP contribution < -0.4 is 5.32 Å². The van der Waals surface area contributed by atoms with Gasteiger partial charge in [-0.2, -0.15) is 0 Å². The van der Waals surface area contributed by atoms with E-state index in [-0.39, 0.29) is 6.61 Å². The van der Waals surface area contributed by atoms with E-state index >= 15 is 0 Å².